The Morgan fingerprint density at radius 1 is 0.395 bits per heavy atom. The van der Waals surface area contributed by atoms with E-state index in [1.54, 1.807) is 0 Å². The molecule has 1 aliphatic heterocycles. The van der Waals surface area contributed by atoms with Crippen molar-refractivity contribution in [3.05, 3.63) is 12.2 Å². The SMILES string of the molecule is CCCCCCCCCCCCCCCCCCCCCC/C=C/CCCC(O)C(O)C(COC1OC(CO)C(O)C(O)C1O)NC(=O)C(O)CCCCCCCCCCCCCCCCCCCCCCCCCCCCCCCCCCCC. The van der Waals surface area contributed by atoms with E-state index in [1.807, 2.05) is 0 Å². The Balaban J connectivity index is 2.15. The number of ether oxygens (including phenoxy) is 2. The third kappa shape index (κ3) is 50.5. The molecule has 512 valence electrons. The Kier molecular flexibility index (Phi) is 61.6. The lowest BCUT2D eigenvalue weighted by Crippen LogP contribution is -2.60. The van der Waals surface area contributed by atoms with Crippen LogP contribution in [0, 0.1) is 0 Å². The third-order valence-corrected chi connectivity index (χ3v) is 18.8. The van der Waals surface area contributed by atoms with Gasteiger partial charge in [0.05, 0.1) is 25.4 Å². The Hall–Kier alpha value is -1.15. The van der Waals surface area contributed by atoms with Gasteiger partial charge < -0.3 is 50.5 Å². The molecule has 0 aromatic carbocycles. The van der Waals surface area contributed by atoms with E-state index in [1.165, 1.54) is 315 Å². The average molecular weight is 1220 g/mol. The highest BCUT2D eigenvalue weighted by molar-refractivity contribution is 5.80. The lowest BCUT2D eigenvalue weighted by atomic mass is 9.98. The van der Waals surface area contributed by atoms with E-state index in [2.05, 4.69) is 31.3 Å². The Labute approximate surface area is 532 Å². The van der Waals surface area contributed by atoms with E-state index in [-0.39, 0.29) is 12.8 Å². The third-order valence-electron chi connectivity index (χ3n) is 18.8. The zero-order chi connectivity index (χ0) is 62.4. The number of hydrogen-bond acceptors (Lipinski definition) is 10. The first-order chi connectivity index (χ1) is 42.2. The molecule has 0 spiro atoms. The van der Waals surface area contributed by atoms with Gasteiger partial charge in [0.1, 0.15) is 36.6 Å². The normalized spacial score (nSPS) is 18.7. The van der Waals surface area contributed by atoms with Crippen LogP contribution in [0.3, 0.4) is 0 Å². The summed E-state index contributed by atoms with van der Waals surface area (Å²) in [5.41, 5.74) is 0. The van der Waals surface area contributed by atoms with E-state index in [0.29, 0.717) is 12.8 Å². The molecular weight excluding hydrogens is 1070 g/mol. The maximum Gasteiger partial charge on any atom is 0.249 e. The van der Waals surface area contributed by atoms with Crippen LogP contribution in [0.2, 0.25) is 0 Å². The van der Waals surface area contributed by atoms with Crippen molar-refractivity contribution in [2.45, 2.75) is 448 Å². The van der Waals surface area contributed by atoms with Crippen molar-refractivity contribution in [2.24, 2.45) is 0 Å². The summed E-state index contributed by atoms with van der Waals surface area (Å²) in [4.78, 5) is 13.3. The van der Waals surface area contributed by atoms with Crippen molar-refractivity contribution in [1.82, 2.24) is 5.32 Å². The Morgan fingerprint density at radius 3 is 1.00 bits per heavy atom. The topological polar surface area (TPSA) is 189 Å². The van der Waals surface area contributed by atoms with Crippen molar-refractivity contribution in [3.63, 3.8) is 0 Å². The fourth-order valence-electron chi connectivity index (χ4n) is 12.7. The number of nitrogens with one attached hydrogen (secondary N) is 1. The van der Waals surface area contributed by atoms with Crippen LogP contribution >= 0.6 is 0 Å². The van der Waals surface area contributed by atoms with Crippen LogP contribution in [0.25, 0.3) is 0 Å². The minimum absolute atomic E-state index is 0.260. The first-order valence-electron chi connectivity index (χ1n) is 38.1. The average Bonchev–Trinajstić information content (AvgIpc) is 2.92. The lowest BCUT2D eigenvalue weighted by molar-refractivity contribution is -0.303. The zero-order valence-corrected chi connectivity index (χ0v) is 56.8. The molecule has 0 aliphatic carbocycles. The molecule has 1 aliphatic rings. The van der Waals surface area contributed by atoms with Crippen LogP contribution in [0.1, 0.15) is 393 Å². The second-order valence-corrected chi connectivity index (χ2v) is 27.1. The molecule has 1 amide bonds. The van der Waals surface area contributed by atoms with Gasteiger partial charge in [-0.05, 0) is 38.5 Å². The molecule has 86 heavy (non-hydrogen) atoms. The van der Waals surface area contributed by atoms with Crippen molar-refractivity contribution < 1.29 is 50.0 Å². The standard InChI is InChI=1S/C75H147NO10/c1-3-5-7-9-11-13-15-17-19-21-23-25-27-29-30-31-32-33-34-35-36-37-39-41-43-45-47-49-51-53-55-57-59-61-63-68(79)74(84)76-66(65-85-75-73(83)72(82)71(81)69(64-77)86-75)70(80)67(78)62-60-58-56-54-52-50-48-46-44-42-40-38-28-26-24-22-20-18-16-14-12-10-8-6-4-2/h54,56,66-73,75,77-83H,3-53,55,57-65H2,1-2H3,(H,76,84)/b56-54+. The summed E-state index contributed by atoms with van der Waals surface area (Å²) in [6.07, 6.45) is 69.0. The molecule has 11 nitrogen and oxygen atoms in total. The molecule has 9 atom stereocenters. The maximum atomic E-state index is 13.3. The lowest BCUT2D eigenvalue weighted by Gasteiger charge is -2.40. The van der Waals surface area contributed by atoms with E-state index in [9.17, 15) is 40.5 Å². The Bertz CT molecular complexity index is 1400. The van der Waals surface area contributed by atoms with Gasteiger partial charge in [-0.1, -0.05) is 366 Å². The quantitative estimate of drug-likeness (QED) is 0.0215. The van der Waals surface area contributed by atoms with Gasteiger partial charge in [0.2, 0.25) is 5.91 Å². The van der Waals surface area contributed by atoms with E-state index >= 15 is 0 Å². The number of hydrogen-bond donors (Lipinski definition) is 8. The maximum absolute atomic E-state index is 13.3. The molecular formula is C75H147NO10. The van der Waals surface area contributed by atoms with Gasteiger partial charge in [-0.25, -0.2) is 0 Å². The van der Waals surface area contributed by atoms with Gasteiger partial charge in [0.25, 0.3) is 0 Å². The molecule has 0 aromatic rings. The number of aliphatic hydroxyl groups is 7. The highest BCUT2D eigenvalue weighted by Gasteiger charge is 2.44. The van der Waals surface area contributed by atoms with Crippen molar-refractivity contribution in [2.75, 3.05) is 13.2 Å². The summed E-state index contributed by atoms with van der Waals surface area (Å²) in [7, 11) is 0. The summed E-state index contributed by atoms with van der Waals surface area (Å²) >= 11 is 0. The van der Waals surface area contributed by atoms with Gasteiger partial charge in [0, 0.05) is 0 Å². The van der Waals surface area contributed by atoms with E-state index in [0.717, 1.165) is 38.5 Å². The molecule has 9 unspecified atom stereocenters. The summed E-state index contributed by atoms with van der Waals surface area (Å²) < 4.78 is 11.2. The fraction of sp³-hybridized carbons (Fsp3) is 0.960. The number of unbranched alkanes of at least 4 members (excludes halogenated alkanes) is 54. The van der Waals surface area contributed by atoms with Crippen LogP contribution in [-0.4, -0.2) is 110 Å². The molecule has 0 bridgehead atoms. The van der Waals surface area contributed by atoms with Crippen LogP contribution in [-0.2, 0) is 14.3 Å². The van der Waals surface area contributed by atoms with Crippen LogP contribution in [0.4, 0.5) is 0 Å². The van der Waals surface area contributed by atoms with Crippen LogP contribution in [0.5, 0.6) is 0 Å². The Morgan fingerprint density at radius 2 is 0.686 bits per heavy atom. The number of carbonyl (C=O) groups excluding carboxylic acids is 1. The van der Waals surface area contributed by atoms with Crippen molar-refractivity contribution >= 4 is 5.91 Å². The zero-order valence-electron chi connectivity index (χ0n) is 56.8. The number of amides is 1. The predicted octanol–water partition coefficient (Wildman–Crippen LogP) is 19.0. The second-order valence-electron chi connectivity index (χ2n) is 27.1. The van der Waals surface area contributed by atoms with Gasteiger partial charge in [-0.2, -0.15) is 0 Å². The first-order valence-corrected chi connectivity index (χ1v) is 38.1. The summed E-state index contributed by atoms with van der Waals surface area (Å²) in [6.45, 7) is 3.52. The largest absolute Gasteiger partial charge is 0.394 e. The summed E-state index contributed by atoms with van der Waals surface area (Å²) in [5, 5.41) is 76.6. The molecule has 0 saturated carbocycles. The number of allylic oxidation sites excluding steroid dienone is 2. The van der Waals surface area contributed by atoms with Gasteiger partial charge >= 0.3 is 0 Å². The van der Waals surface area contributed by atoms with Crippen LogP contribution in [0.15, 0.2) is 12.2 Å². The molecule has 0 radical (unpaired) electrons. The van der Waals surface area contributed by atoms with E-state index < -0.39 is 74.2 Å². The van der Waals surface area contributed by atoms with Crippen LogP contribution < -0.4 is 5.32 Å². The summed E-state index contributed by atoms with van der Waals surface area (Å²) in [5.74, 6) is -0.697. The minimum Gasteiger partial charge on any atom is -0.394 e. The predicted molar refractivity (Wildman–Crippen MR) is 363 cm³/mol. The van der Waals surface area contributed by atoms with Gasteiger partial charge in [0.15, 0.2) is 6.29 Å². The number of carbonyl (C=O) groups is 1. The molecule has 1 fully saturated rings. The summed E-state index contributed by atoms with van der Waals surface area (Å²) in [6, 6.07) is -1.18. The molecule has 0 aromatic heterocycles. The molecule has 1 rings (SSSR count). The van der Waals surface area contributed by atoms with Crippen molar-refractivity contribution in [1.29, 1.82) is 0 Å². The second kappa shape index (κ2) is 64.0. The minimum atomic E-state index is -1.67. The number of aliphatic hydroxyl groups excluding tert-OH is 7. The molecule has 11 heteroatoms. The molecule has 1 heterocycles. The monoisotopic (exact) mass is 1220 g/mol. The number of rotatable bonds is 68. The highest BCUT2D eigenvalue weighted by Crippen LogP contribution is 2.24. The van der Waals surface area contributed by atoms with Gasteiger partial charge in [-0.15, -0.1) is 0 Å². The highest BCUT2D eigenvalue weighted by atomic mass is 16.7. The smallest absolute Gasteiger partial charge is 0.249 e. The van der Waals surface area contributed by atoms with Gasteiger partial charge in [-0.3, -0.25) is 4.79 Å². The van der Waals surface area contributed by atoms with Crippen molar-refractivity contribution in [3.8, 4) is 0 Å². The van der Waals surface area contributed by atoms with E-state index in [4.69, 9.17) is 9.47 Å². The molecule has 8 N–H and O–H groups in total. The fourth-order valence-corrected chi connectivity index (χ4v) is 12.7. The molecule has 1 saturated heterocycles. The first kappa shape index (κ1) is 82.9.